The summed E-state index contributed by atoms with van der Waals surface area (Å²) in [7, 11) is -3.94. The van der Waals surface area contributed by atoms with Crippen LogP contribution < -0.4 is 15.8 Å². The molecule has 1 unspecified atom stereocenters. The van der Waals surface area contributed by atoms with Gasteiger partial charge in [-0.05, 0) is 6.07 Å². The van der Waals surface area contributed by atoms with Gasteiger partial charge in [0, 0.05) is 38.1 Å². The number of hydrogen-bond acceptors (Lipinski definition) is 6. The highest BCUT2D eigenvalue weighted by molar-refractivity contribution is 7.91. The van der Waals surface area contributed by atoms with Crippen molar-refractivity contribution in [3.63, 3.8) is 0 Å². The second kappa shape index (κ2) is 8.64. The fraction of sp³-hybridized carbons (Fsp3) is 0.583. The molecule has 1 saturated heterocycles. The Morgan fingerprint density at radius 3 is 2.48 bits per heavy atom. The number of carbonyl (C=O) groups excluding carboxylic acids is 1. The van der Waals surface area contributed by atoms with Crippen LogP contribution in [0.3, 0.4) is 0 Å². The average molecular weight is 423 g/mol. The van der Waals surface area contributed by atoms with E-state index < -0.39 is 34.7 Å². The van der Waals surface area contributed by atoms with Crippen LogP contribution in [0.25, 0.3) is 0 Å². The summed E-state index contributed by atoms with van der Waals surface area (Å²) in [4.78, 5) is 13.2. The summed E-state index contributed by atoms with van der Waals surface area (Å²) < 4.78 is 61.7. The van der Waals surface area contributed by atoms with Crippen LogP contribution in [0, 0.1) is 0 Å². The third-order valence-electron chi connectivity index (χ3n) is 3.54. The minimum absolute atomic E-state index is 0. The highest BCUT2D eigenvalue weighted by Gasteiger charge is 2.43. The van der Waals surface area contributed by atoms with Gasteiger partial charge in [-0.1, -0.05) is 0 Å². The number of sulfonamides is 1. The number of hydrogen-bond donors (Lipinski definition) is 3. The predicted molar refractivity (Wildman–Crippen MR) is 89.6 cm³/mol. The van der Waals surface area contributed by atoms with E-state index in [0.717, 1.165) is 17.4 Å². The Bertz CT molecular complexity index is 690. The maximum absolute atomic E-state index is 13.2. The number of halogens is 4. The molecule has 25 heavy (non-hydrogen) atoms. The van der Waals surface area contributed by atoms with Crippen molar-refractivity contribution in [3.05, 3.63) is 17.0 Å². The number of alkyl halides is 3. The predicted octanol–water partition coefficient (Wildman–Crippen LogP) is 0.383. The highest BCUT2D eigenvalue weighted by Crippen LogP contribution is 2.25. The van der Waals surface area contributed by atoms with E-state index in [-0.39, 0.29) is 35.3 Å². The summed E-state index contributed by atoms with van der Waals surface area (Å²) in [5.74, 6) is -0.773. The van der Waals surface area contributed by atoms with Crippen molar-refractivity contribution in [1.29, 1.82) is 0 Å². The van der Waals surface area contributed by atoms with Crippen LogP contribution in [-0.2, 0) is 10.0 Å². The molecule has 1 aromatic heterocycles. The molecule has 2 rings (SSSR count). The van der Waals surface area contributed by atoms with E-state index in [9.17, 15) is 26.4 Å². The van der Waals surface area contributed by atoms with Crippen molar-refractivity contribution in [2.75, 3.05) is 32.7 Å². The van der Waals surface area contributed by atoms with Gasteiger partial charge in [0.1, 0.15) is 10.3 Å². The molecule has 0 aliphatic carbocycles. The molecule has 1 aliphatic heterocycles. The molecule has 1 amide bonds. The van der Waals surface area contributed by atoms with E-state index in [1.807, 2.05) is 0 Å². The summed E-state index contributed by atoms with van der Waals surface area (Å²) >= 11 is 0.738. The molecular weight excluding hydrogens is 405 g/mol. The zero-order valence-electron chi connectivity index (χ0n) is 12.9. The largest absolute Gasteiger partial charge is 0.405 e. The Kier molecular flexibility index (Phi) is 7.65. The van der Waals surface area contributed by atoms with E-state index in [1.54, 1.807) is 0 Å². The first-order valence-electron chi connectivity index (χ1n) is 7.00. The molecule has 0 bridgehead atoms. The Morgan fingerprint density at radius 1 is 1.40 bits per heavy atom. The Morgan fingerprint density at radius 2 is 2.00 bits per heavy atom. The van der Waals surface area contributed by atoms with Gasteiger partial charge < -0.3 is 10.6 Å². The molecule has 1 aliphatic rings. The van der Waals surface area contributed by atoms with Crippen LogP contribution in [0.4, 0.5) is 13.2 Å². The van der Waals surface area contributed by atoms with Gasteiger partial charge in [0.25, 0.3) is 5.91 Å². The molecule has 7 nitrogen and oxygen atoms in total. The quantitative estimate of drug-likeness (QED) is 0.636. The van der Waals surface area contributed by atoms with E-state index >= 15 is 0 Å². The zero-order chi connectivity index (χ0) is 18.0. The molecule has 4 N–H and O–H groups in total. The first-order valence-corrected chi connectivity index (χ1v) is 9.42. The normalized spacial score (nSPS) is 17.6. The molecule has 2 heterocycles. The van der Waals surface area contributed by atoms with Crippen molar-refractivity contribution in [1.82, 2.24) is 15.5 Å². The van der Waals surface area contributed by atoms with E-state index in [2.05, 4.69) is 10.6 Å². The molecule has 0 radical (unpaired) electrons. The third-order valence-corrected chi connectivity index (χ3v) is 5.93. The number of piperazine rings is 1. The second-order valence-corrected chi connectivity index (χ2v) is 7.95. The maximum atomic E-state index is 13.2. The minimum Gasteiger partial charge on any atom is -0.350 e. The zero-order valence-corrected chi connectivity index (χ0v) is 15.3. The highest BCUT2D eigenvalue weighted by atomic mass is 35.5. The third kappa shape index (κ3) is 6.08. The summed E-state index contributed by atoms with van der Waals surface area (Å²) in [6, 6.07) is -0.747. The summed E-state index contributed by atoms with van der Waals surface area (Å²) in [5, 5.41) is 11.4. The van der Waals surface area contributed by atoms with Gasteiger partial charge in [-0.2, -0.15) is 13.2 Å². The van der Waals surface area contributed by atoms with Crippen LogP contribution in [0.15, 0.2) is 15.7 Å². The lowest BCUT2D eigenvalue weighted by Gasteiger charge is -2.35. The SMILES string of the molecule is Cl.NS(=O)(=O)c1cc(C(=O)NCC(N2CCNCC2)C(F)(F)F)cs1. The van der Waals surface area contributed by atoms with Crippen LogP contribution in [0.5, 0.6) is 0 Å². The van der Waals surface area contributed by atoms with Gasteiger partial charge in [-0.3, -0.25) is 9.69 Å². The monoisotopic (exact) mass is 422 g/mol. The Labute approximate surface area is 153 Å². The number of nitrogens with one attached hydrogen (secondary N) is 2. The topological polar surface area (TPSA) is 105 Å². The van der Waals surface area contributed by atoms with Gasteiger partial charge in [0.05, 0.1) is 5.56 Å². The number of amides is 1. The Balaban J connectivity index is 0.00000312. The van der Waals surface area contributed by atoms with E-state index in [0.29, 0.717) is 13.1 Å². The van der Waals surface area contributed by atoms with Crippen LogP contribution in [0.1, 0.15) is 10.4 Å². The van der Waals surface area contributed by atoms with Crippen molar-refractivity contribution in [2.45, 2.75) is 16.4 Å². The first-order chi connectivity index (χ1) is 11.1. The first kappa shape index (κ1) is 22.1. The van der Waals surface area contributed by atoms with Crippen LogP contribution in [-0.4, -0.2) is 64.2 Å². The number of nitrogens with two attached hydrogens (primary N) is 1. The second-order valence-electron chi connectivity index (χ2n) is 5.25. The average Bonchev–Trinajstić information content (AvgIpc) is 2.97. The van der Waals surface area contributed by atoms with E-state index in [4.69, 9.17) is 5.14 Å². The standard InChI is InChI=1S/C12H17F3N4O3S2.ClH/c13-12(14,15)9(19-3-1-17-2-4-19)6-18-11(20)8-5-10(23-7-8)24(16,21)22;/h5,7,9,17H,1-4,6H2,(H,18,20)(H2,16,21,22);1H. The molecule has 1 atom stereocenters. The van der Waals surface area contributed by atoms with Gasteiger partial charge in [0.15, 0.2) is 0 Å². The molecule has 144 valence electrons. The fourth-order valence-corrected chi connectivity index (χ4v) is 3.91. The molecule has 1 fully saturated rings. The van der Waals surface area contributed by atoms with Crippen molar-refractivity contribution >= 4 is 39.7 Å². The van der Waals surface area contributed by atoms with Crippen LogP contribution >= 0.6 is 23.7 Å². The summed E-state index contributed by atoms with van der Waals surface area (Å²) in [6.07, 6.45) is -4.48. The summed E-state index contributed by atoms with van der Waals surface area (Å²) in [5.41, 5.74) is -0.0368. The number of primary sulfonamides is 1. The lowest BCUT2D eigenvalue weighted by atomic mass is 10.2. The molecule has 0 saturated carbocycles. The molecular formula is C12H18ClF3N4O3S2. The smallest absolute Gasteiger partial charge is 0.350 e. The van der Waals surface area contributed by atoms with Gasteiger partial charge in [-0.25, -0.2) is 13.6 Å². The van der Waals surface area contributed by atoms with Gasteiger partial charge in [-0.15, -0.1) is 23.7 Å². The van der Waals surface area contributed by atoms with Crippen molar-refractivity contribution in [2.24, 2.45) is 5.14 Å². The molecule has 0 spiro atoms. The number of nitrogens with zero attached hydrogens (tertiary/aromatic N) is 1. The Hall–Kier alpha value is -0.920. The molecule has 13 heteroatoms. The number of carbonyl (C=O) groups is 1. The van der Waals surface area contributed by atoms with Crippen molar-refractivity contribution in [3.8, 4) is 0 Å². The maximum Gasteiger partial charge on any atom is 0.405 e. The fourth-order valence-electron chi connectivity index (χ4n) is 2.32. The lowest BCUT2D eigenvalue weighted by molar-refractivity contribution is -0.183. The number of thiophene rings is 1. The number of rotatable bonds is 5. The van der Waals surface area contributed by atoms with Crippen molar-refractivity contribution < 1.29 is 26.4 Å². The minimum atomic E-state index is -4.48. The van der Waals surface area contributed by atoms with E-state index in [1.165, 1.54) is 10.3 Å². The lowest BCUT2D eigenvalue weighted by Crippen LogP contribution is -2.57. The molecule has 1 aromatic rings. The summed E-state index contributed by atoms with van der Waals surface area (Å²) in [6.45, 7) is 0.747. The van der Waals surface area contributed by atoms with Gasteiger partial charge in [0.2, 0.25) is 10.0 Å². The van der Waals surface area contributed by atoms with Gasteiger partial charge >= 0.3 is 6.18 Å². The van der Waals surface area contributed by atoms with Crippen LogP contribution in [0.2, 0.25) is 0 Å². The molecule has 0 aromatic carbocycles.